The van der Waals surface area contributed by atoms with E-state index in [1.807, 2.05) is 20.8 Å². The van der Waals surface area contributed by atoms with E-state index in [9.17, 15) is 14.7 Å². The number of rotatable bonds is 2. The Morgan fingerprint density at radius 1 is 1.33 bits per heavy atom. The predicted octanol–water partition coefficient (Wildman–Crippen LogP) is 1.19. The van der Waals surface area contributed by atoms with Crippen molar-refractivity contribution in [1.82, 2.24) is 4.90 Å². The van der Waals surface area contributed by atoms with E-state index in [1.54, 1.807) is 4.90 Å². The maximum Gasteiger partial charge on any atom is 0.410 e. The van der Waals surface area contributed by atoms with Crippen molar-refractivity contribution in [3.63, 3.8) is 0 Å². The Bertz CT molecular complexity index is 329. The smallest absolute Gasteiger partial charge is 0.410 e. The first kappa shape index (κ1) is 15.5. The van der Waals surface area contributed by atoms with Crippen LogP contribution in [0, 0.1) is 5.41 Å². The topological polar surface area (TPSA) is 69.7 Å². The van der Waals surface area contributed by atoms with Crippen LogP contribution in [0.25, 0.3) is 0 Å². The molecule has 1 saturated heterocycles. The van der Waals surface area contributed by atoms with Crippen LogP contribution in [-0.2, 0) is 9.53 Å². The number of hydrogen-bond acceptors (Lipinski definition) is 4. The molecule has 104 valence electrons. The minimum Gasteiger partial charge on any atom is -0.550 e. The number of ether oxygens (including phenoxy) is 1. The molecule has 1 amide bonds. The van der Waals surface area contributed by atoms with Gasteiger partial charge in [0, 0.05) is 28.9 Å². The normalized spacial score (nSPS) is 19.4. The molecule has 0 saturated carbocycles. The first-order valence-electron chi connectivity index (χ1n) is 5.95. The number of alkyl halides is 1. The molecule has 0 aromatic rings. The molecule has 0 aromatic heterocycles. The molecule has 1 aliphatic rings. The lowest BCUT2D eigenvalue weighted by molar-refractivity contribution is -0.319. The van der Waals surface area contributed by atoms with Crippen molar-refractivity contribution in [1.29, 1.82) is 0 Å². The van der Waals surface area contributed by atoms with E-state index in [0.717, 1.165) is 0 Å². The van der Waals surface area contributed by atoms with Crippen LogP contribution in [0.1, 0.15) is 33.6 Å². The minimum atomic E-state index is -1.01. The van der Waals surface area contributed by atoms with Crippen LogP contribution in [0.3, 0.4) is 0 Å². The Morgan fingerprint density at radius 2 is 1.83 bits per heavy atom. The van der Waals surface area contributed by atoms with E-state index in [2.05, 4.69) is 22.6 Å². The Kier molecular flexibility index (Phi) is 4.85. The number of carbonyl (C=O) groups is 2. The van der Waals surface area contributed by atoms with E-state index < -0.39 is 17.0 Å². The van der Waals surface area contributed by atoms with Gasteiger partial charge in [0.05, 0.1) is 0 Å². The largest absolute Gasteiger partial charge is 0.550 e. The maximum atomic E-state index is 11.8. The quantitative estimate of drug-likeness (QED) is 0.542. The number of halogens is 1. The average Bonchev–Trinajstić information content (AvgIpc) is 2.26. The number of aliphatic carboxylic acids is 1. The molecule has 1 rings (SSSR count). The summed E-state index contributed by atoms with van der Waals surface area (Å²) in [6.45, 7) is 6.25. The van der Waals surface area contributed by atoms with Crippen molar-refractivity contribution < 1.29 is 19.4 Å². The lowest BCUT2D eigenvalue weighted by atomic mass is 9.80. The molecule has 0 radical (unpaired) electrons. The number of carboxylic acid groups (broad SMARTS) is 1. The third-order valence-corrected chi connectivity index (χ3v) is 4.52. The first-order valence-corrected chi connectivity index (χ1v) is 7.48. The van der Waals surface area contributed by atoms with Crippen molar-refractivity contribution >= 4 is 34.7 Å². The fourth-order valence-electron chi connectivity index (χ4n) is 1.84. The van der Waals surface area contributed by atoms with E-state index >= 15 is 0 Å². The summed E-state index contributed by atoms with van der Waals surface area (Å²) < 4.78 is 5.77. The van der Waals surface area contributed by atoms with Crippen LogP contribution < -0.4 is 5.11 Å². The van der Waals surface area contributed by atoms with Gasteiger partial charge < -0.3 is 19.5 Å². The summed E-state index contributed by atoms with van der Waals surface area (Å²) in [4.78, 5) is 24.6. The average molecular weight is 368 g/mol. The molecule has 1 aliphatic heterocycles. The lowest BCUT2D eigenvalue weighted by Gasteiger charge is -2.41. The van der Waals surface area contributed by atoms with Gasteiger partial charge in [-0.1, -0.05) is 22.6 Å². The number of likely N-dealkylation sites (tertiary alicyclic amines) is 1. The second-order valence-electron chi connectivity index (χ2n) is 5.67. The van der Waals surface area contributed by atoms with Gasteiger partial charge in [-0.25, -0.2) is 4.79 Å². The summed E-state index contributed by atoms with van der Waals surface area (Å²) in [5.41, 5.74) is -1.32. The van der Waals surface area contributed by atoms with Crippen molar-refractivity contribution in [3.8, 4) is 0 Å². The van der Waals surface area contributed by atoms with Crippen molar-refractivity contribution in [3.05, 3.63) is 0 Å². The number of nitrogens with zero attached hydrogens (tertiary/aromatic N) is 1. The zero-order valence-electron chi connectivity index (χ0n) is 11.0. The molecular weight excluding hydrogens is 349 g/mol. The van der Waals surface area contributed by atoms with E-state index in [0.29, 0.717) is 30.4 Å². The molecule has 0 aromatic carbocycles. The van der Waals surface area contributed by atoms with Crippen molar-refractivity contribution in [2.75, 3.05) is 17.5 Å². The monoisotopic (exact) mass is 368 g/mol. The van der Waals surface area contributed by atoms with E-state index in [1.165, 1.54) is 0 Å². The first-order chi connectivity index (χ1) is 8.20. The SMILES string of the molecule is CC(C)(C)OC(=O)N1CCC(CI)(C(=O)[O-])CC1. The van der Waals surface area contributed by atoms with Gasteiger partial charge in [-0.2, -0.15) is 0 Å². The summed E-state index contributed by atoms with van der Waals surface area (Å²) >= 11 is 2.07. The number of amides is 1. The Morgan fingerprint density at radius 3 is 2.17 bits per heavy atom. The van der Waals surface area contributed by atoms with Gasteiger partial charge in [0.2, 0.25) is 0 Å². The van der Waals surface area contributed by atoms with Crippen molar-refractivity contribution in [2.24, 2.45) is 5.41 Å². The fraction of sp³-hybridized carbons (Fsp3) is 0.833. The van der Waals surface area contributed by atoms with E-state index in [-0.39, 0.29) is 6.09 Å². The summed E-state index contributed by atoms with van der Waals surface area (Å²) in [5.74, 6) is -1.01. The van der Waals surface area contributed by atoms with Gasteiger partial charge in [-0.15, -0.1) is 0 Å². The highest BCUT2D eigenvalue weighted by atomic mass is 127. The molecule has 1 heterocycles. The van der Waals surface area contributed by atoms with Crippen LogP contribution in [0.5, 0.6) is 0 Å². The third kappa shape index (κ3) is 3.73. The molecule has 0 unspecified atom stereocenters. The predicted molar refractivity (Wildman–Crippen MR) is 73.4 cm³/mol. The highest BCUT2D eigenvalue weighted by Gasteiger charge is 2.37. The highest BCUT2D eigenvalue weighted by molar-refractivity contribution is 14.1. The molecule has 0 bridgehead atoms. The molecule has 6 heteroatoms. The van der Waals surface area contributed by atoms with Crippen LogP contribution in [0.15, 0.2) is 0 Å². The maximum absolute atomic E-state index is 11.8. The van der Waals surface area contributed by atoms with Crippen LogP contribution in [0.2, 0.25) is 0 Å². The number of carboxylic acids is 1. The Labute approximate surface area is 121 Å². The van der Waals surface area contributed by atoms with Gasteiger partial charge in [-0.3, -0.25) is 0 Å². The van der Waals surface area contributed by atoms with Crippen LogP contribution in [-0.4, -0.2) is 40.1 Å². The standard InChI is InChI=1S/C12H20INO4/c1-11(2,3)18-10(17)14-6-4-12(8-13,5-7-14)9(15)16/h4-8H2,1-3H3,(H,15,16)/p-1. The summed E-state index contributed by atoms with van der Waals surface area (Å²) in [6, 6.07) is 0. The number of carbonyl (C=O) groups excluding carboxylic acids is 2. The van der Waals surface area contributed by atoms with Gasteiger partial charge >= 0.3 is 6.09 Å². The van der Waals surface area contributed by atoms with Crippen molar-refractivity contribution in [2.45, 2.75) is 39.2 Å². The molecular formula is C12H19INO4-. The van der Waals surface area contributed by atoms with Gasteiger partial charge in [-0.05, 0) is 33.6 Å². The van der Waals surface area contributed by atoms with Crippen LogP contribution in [0.4, 0.5) is 4.79 Å². The van der Waals surface area contributed by atoms with Gasteiger partial charge in [0.15, 0.2) is 0 Å². The molecule has 0 N–H and O–H groups in total. The zero-order valence-corrected chi connectivity index (χ0v) is 13.2. The molecule has 1 fully saturated rings. The number of hydrogen-bond donors (Lipinski definition) is 0. The molecule has 18 heavy (non-hydrogen) atoms. The zero-order chi connectivity index (χ0) is 14.0. The Hall–Kier alpha value is -0.530. The van der Waals surface area contributed by atoms with Crippen LogP contribution >= 0.6 is 22.6 Å². The third-order valence-electron chi connectivity index (χ3n) is 3.06. The second kappa shape index (κ2) is 5.63. The fourth-order valence-corrected chi connectivity index (χ4v) is 2.91. The minimum absolute atomic E-state index is 0.372. The molecule has 5 nitrogen and oxygen atoms in total. The molecule has 0 spiro atoms. The second-order valence-corrected chi connectivity index (χ2v) is 6.43. The molecule has 0 atom stereocenters. The van der Waals surface area contributed by atoms with Gasteiger partial charge in [0.1, 0.15) is 5.60 Å². The summed E-state index contributed by atoms with van der Waals surface area (Å²) in [6.07, 6.45) is 0.484. The molecule has 0 aliphatic carbocycles. The summed E-state index contributed by atoms with van der Waals surface area (Å²) in [5, 5.41) is 11.2. The van der Waals surface area contributed by atoms with Gasteiger partial charge in [0.25, 0.3) is 0 Å². The lowest BCUT2D eigenvalue weighted by Crippen LogP contribution is -2.52. The number of piperidine rings is 1. The van der Waals surface area contributed by atoms with E-state index in [4.69, 9.17) is 4.74 Å². The summed E-state index contributed by atoms with van der Waals surface area (Å²) in [7, 11) is 0. The highest BCUT2D eigenvalue weighted by Crippen LogP contribution is 2.33. The Balaban J connectivity index is 2.58.